The number of allylic oxidation sites excluding steroid dienone is 6. The van der Waals surface area contributed by atoms with Crippen molar-refractivity contribution in [3.05, 3.63) is 95.7 Å². The summed E-state index contributed by atoms with van der Waals surface area (Å²) in [6.07, 6.45) is 8.78. The predicted molar refractivity (Wildman–Crippen MR) is 200 cm³/mol. The van der Waals surface area contributed by atoms with Gasteiger partial charge in [0.15, 0.2) is 0 Å². The average Bonchev–Trinajstić information content (AvgIpc) is 3.42. The molecule has 0 aromatic heterocycles. The summed E-state index contributed by atoms with van der Waals surface area (Å²) < 4.78 is 137. The lowest BCUT2D eigenvalue weighted by atomic mass is 9.79. The summed E-state index contributed by atoms with van der Waals surface area (Å²) in [6, 6.07) is 9.87. The Labute approximate surface area is 306 Å². The molecular formula is C35H34N2O12S4. The molecule has 0 atom stereocenters. The SMILES string of the molecule is CCN1\C(=C/C=C/C=C/C2=Nc3ccc4c(S(=O)(=O)O)cc(S(=O)(=O)O)cc4c3C2(C)C)C(C)(C)c2c1ccc1c(S(=O)(=O)O)cc(S(=O)(=O)O)cc21. The number of nitrogens with zero attached hydrogens (tertiary/aromatic N) is 2. The second kappa shape index (κ2) is 12.4. The van der Waals surface area contributed by atoms with Crippen molar-refractivity contribution in [2.45, 2.75) is 65.0 Å². The fourth-order valence-corrected chi connectivity index (χ4v) is 10.00. The normalized spacial score (nSPS) is 18.1. The van der Waals surface area contributed by atoms with Crippen molar-refractivity contribution in [2.75, 3.05) is 11.4 Å². The monoisotopic (exact) mass is 802 g/mol. The van der Waals surface area contributed by atoms with Crippen LogP contribution in [0.25, 0.3) is 21.5 Å². The Bertz CT molecular complexity index is 2870. The average molecular weight is 803 g/mol. The van der Waals surface area contributed by atoms with Crippen LogP contribution in [0.1, 0.15) is 45.7 Å². The first kappa shape index (κ1) is 38.5. The predicted octanol–water partition coefficient (Wildman–Crippen LogP) is 6.16. The van der Waals surface area contributed by atoms with Crippen LogP contribution in [0.3, 0.4) is 0 Å². The molecule has 2 heterocycles. The van der Waals surface area contributed by atoms with Gasteiger partial charge in [0.05, 0.1) is 21.2 Å². The number of benzene rings is 4. The molecule has 0 radical (unpaired) electrons. The molecule has 0 spiro atoms. The van der Waals surface area contributed by atoms with Gasteiger partial charge in [-0.15, -0.1) is 0 Å². The molecule has 53 heavy (non-hydrogen) atoms. The smallest absolute Gasteiger partial charge is 0.295 e. The fraction of sp³-hybridized carbons (Fsp3) is 0.229. The van der Waals surface area contributed by atoms with Crippen LogP contribution in [0.5, 0.6) is 0 Å². The molecule has 0 saturated heterocycles. The summed E-state index contributed by atoms with van der Waals surface area (Å²) in [5.41, 5.74) is 1.80. The third-order valence-corrected chi connectivity index (χ3v) is 13.1. The zero-order valence-corrected chi connectivity index (χ0v) is 32.1. The topological polar surface area (TPSA) is 233 Å². The Morgan fingerprint density at radius 3 is 1.62 bits per heavy atom. The number of rotatable bonds is 8. The van der Waals surface area contributed by atoms with Crippen LogP contribution in [0.15, 0.2) is 109 Å². The van der Waals surface area contributed by atoms with Crippen molar-refractivity contribution < 1.29 is 51.9 Å². The van der Waals surface area contributed by atoms with Gasteiger partial charge < -0.3 is 4.90 Å². The molecular weight excluding hydrogens is 769 g/mol. The van der Waals surface area contributed by atoms with E-state index in [1.807, 2.05) is 45.6 Å². The standard InChI is InChI=1S/C35H34N2O12S4/c1-6-37-27-15-13-23-25(17-21(51(41,42)43)19-29(23)53(47,48)49)33(27)35(4,5)31(37)11-9-7-8-10-30-34(2,3)32-24-16-20(50(38,39)40)18-28(52(44,45)46)22(24)12-14-26(32)36-30/h7-19H,6H2,1-5H3,(H,38,39,40)(H,41,42,43)(H,44,45,46)(H,47,48,49)/b9-7+,10-8+,31-11-. The fourth-order valence-electron chi connectivity index (χ4n) is 7.32. The molecule has 0 bridgehead atoms. The Morgan fingerprint density at radius 1 is 0.623 bits per heavy atom. The minimum atomic E-state index is -4.88. The van der Waals surface area contributed by atoms with Crippen LogP contribution in [-0.4, -0.2) is 64.1 Å². The zero-order chi connectivity index (χ0) is 39.3. The van der Waals surface area contributed by atoms with Gasteiger partial charge in [-0.05, 0) is 77.4 Å². The number of likely N-dealkylation sites (N-methyl/N-ethyl adjacent to an activating group) is 1. The number of fused-ring (bicyclic) bond motifs is 6. The van der Waals surface area contributed by atoms with Crippen molar-refractivity contribution in [2.24, 2.45) is 4.99 Å². The van der Waals surface area contributed by atoms with Gasteiger partial charge >= 0.3 is 0 Å². The maximum atomic E-state index is 12.3. The molecule has 4 aromatic carbocycles. The summed E-state index contributed by atoms with van der Waals surface area (Å²) in [7, 11) is -19.5. The second-order valence-corrected chi connectivity index (χ2v) is 19.3. The summed E-state index contributed by atoms with van der Waals surface area (Å²) in [4.78, 5) is 3.95. The first-order valence-corrected chi connectivity index (χ1v) is 21.6. The highest BCUT2D eigenvalue weighted by Crippen LogP contribution is 2.52. The number of hydrogen-bond donors (Lipinski definition) is 4. The number of anilines is 1. The second-order valence-electron chi connectivity index (χ2n) is 13.6. The van der Waals surface area contributed by atoms with Gasteiger partial charge in [-0.1, -0.05) is 58.1 Å². The molecule has 4 aromatic rings. The van der Waals surface area contributed by atoms with E-state index in [0.29, 0.717) is 40.8 Å². The lowest BCUT2D eigenvalue weighted by Crippen LogP contribution is -2.25. The molecule has 0 fully saturated rings. The van der Waals surface area contributed by atoms with Gasteiger partial charge in [0, 0.05) is 39.5 Å². The van der Waals surface area contributed by atoms with E-state index in [-0.39, 0.29) is 21.5 Å². The van der Waals surface area contributed by atoms with Crippen LogP contribution < -0.4 is 4.90 Å². The molecule has 4 N–H and O–H groups in total. The van der Waals surface area contributed by atoms with Crippen molar-refractivity contribution in [3.8, 4) is 0 Å². The van der Waals surface area contributed by atoms with Crippen LogP contribution in [0.4, 0.5) is 11.4 Å². The zero-order valence-electron chi connectivity index (χ0n) is 28.8. The van der Waals surface area contributed by atoms with Crippen LogP contribution >= 0.6 is 0 Å². The molecule has 18 heteroatoms. The summed E-state index contributed by atoms with van der Waals surface area (Å²) in [6.45, 7) is 9.76. The minimum Gasteiger partial charge on any atom is -0.344 e. The van der Waals surface area contributed by atoms with Gasteiger partial charge in [-0.3, -0.25) is 23.2 Å². The van der Waals surface area contributed by atoms with Gasteiger partial charge in [-0.25, -0.2) is 0 Å². The highest BCUT2D eigenvalue weighted by molar-refractivity contribution is 7.87. The Morgan fingerprint density at radius 2 is 1.13 bits per heavy atom. The van der Waals surface area contributed by atoms with E-state index in [0.717, 1.165) is 17.8 Å². The highest BCUT2D eigenvalue weighted by atomic mass is 32.2. The van der Waals surface area contributed by atoms with E-state index in [9.17, 15) is 51.9 Å². The van der Waals surface area contributed by atoms with Gasteiger partial charge in [0.2, 0.25) is 0 Å². The lowest BCUT2D eigenvalue weighted by Gasteiger charge is -2.26. The summed E-state index contributed by atoms with van der Waals surface area (Å²) >= 11 is 0. The molecule has 0 saturated carbocycles. The molecule has 280 valence electrons. The molecule has 2 aliphatic heterocycles. The Kier molecular flexibility index (Phi) is 8.99. The highest BCUT2D eigenvalue weighted by Gasteiger charge is 2.42. The molecule has 0 aliphatic carbocycles. The first-order valence-electron chi connectivity index (χ1n) is 15.8. The molecule has 0 amide bonds. The van der Waals surface area contributed by atoms with E-state index in [1.165, 1.54) is 18.2 Å². The minimum absolute atomic E-state index is 0.0514. The van der Waals surface area contributed by atoms with Crippen molar-refractivity contribution in [3.63, 3.8) is 0 Å². The van der Waals surface area contributed by atoms with E-state index in [1.54, 1.807) is 36.4 Å². The molecule has 0 unspecified atom stereocenters. The summed E-state index contributed by atoms with van der Waals surface area (Å²) in [5, 5.41) is 0.530. The van der Waals surface area contributed by atoms with Crippen molar-refractivity contribution in [1.29, 1.82) is 0 Å². The third kappa shape index (κ3) is 6.52. The largest absolute Gasteiger partial charge is 0.344 e. The first-order chi connectivity index (χ1) is 24.3. The number of aliphatic imine (C=N–C) groups is 1. The molecule has 14 nitrogen and oxygen atoms in total. The number of hydrogen-bond acceptors (Lipinski definition) is 10. The van der Waals surface area contributed by atoms with E-state index >= 15 is 0 Å². The van der Waals surface area contributed by atoms with Crippen LogP contribution in [0, 0.1) is 0 Å². The van der Waals surface area contributed by atoms with E-state index < -0.39 is 70.9 Å². The van der Waals surface area contributed by atoms with Crippen LogP contribution in [0.2, 0.25) is 0 Å². The maximum Gasteiger partial charge on any atom is 0.295 e. The lowest BCUT2D eigenvalue weighted by molar-refractivity contribution is 0.477. The van der Waals surface area contributed by atoms with Crippen molar-refractivity contribution >= 4 is 79.1 Å². The van der Waals surface area contributed by atoms with E-state index in [2.05, 4.69) is 0 Å². The van der Waals surface area contributed by atoms with Gasteiger partial charge in [0.25, 0.3) is 40.5 Å². The Balaban J connectivity index is 1.38. The quantitative estimate of drug-likeness (QED) is 0.116. The molecule has 2 aliphatic rings. The maximum absolute atomic E-state index is 12.3. The van der Waals surface area contributed by atoms with Crippen LogP contribution in [-0.2, 0) is 51.3 Å². The molecule has 6 rings (SSSR count). The summed E-state index contributed by atoms with van der Waals surface area (Å²) in [5.74, 6) is 0. The van der Waals surface area contributed by atoms with Gasteiger partial charge in [0.1, 0.15) is 9.79 Å². The third-order valence-electron chi connectivity index (χ3n) is 9.65. The van der Waals surface area contributed by atoms with E-state index in [4.69, 9.17) is 4.99 Å². The van der Waals surface area contributed by atoms with Crippen molar-refractivity contribution in [1.82, 2.24) is 0 Å². The Hall–Kier alpha value is -4.27. The van der Waals surface area contributed by atoms with Gasteiger partial charge in [-0.2, -0.15) is 33.7 Å².